The van der Waals surface area contributed by atoms with E-state index in [1.165, 1.54) is 12.8 Å². The van der Waals surface area contributed by atoms with E-state index in [0.29, 0.717) is 17.5 Å². The number of aromatic hydroxyl groups is 1. The van der Waals surface area contributed by atoms with Crippen molar-refractivity contribution >= 4 is 0 Å². The van der Waals surface area contributed by atoms with Crippen LogP contribution in [0.4, 0.5) is 0 Å². The highest BCUT2D eigenvalue weighted by Crippen LogP contribution is 2.35. The molecule has 2 aromatic heterocycles. The van der Waals surface area contributed by atoms with E-state index >= 15 is 0 Å². The Morgan fingerprint density at radius 3 is 2.79 bits per heavy atom. The molecule has 2 heterocycles. The molecule has 3 rings (SSSR count). The van der Waals surface area contributed by atoms with Gasteiger partial charge in [0.2, 0.25) is 0 Å². The van der Waals surface area contributed by atoms with Crippen LogP contribution in [0, 0.1) is 5.92 Å². The van der Waals surface area contributed by atoms with Gasteiger partial charge in [-0.3, -0.25) is 0 Å². The first-order chi connectivity index (χ1) is 9.24. The smallest absolute Gasteiger partial charge is 0.280 e. The first-order valence-electron chi connectivity index (χ1n) is 6.72. The van der Waals surface area contributed by atoms with Gasteiger partial charge in [0, 0.05) is 12.1 Å². The molecule has 0 atom stereocenters. The van der Waals surface area contributed by atoms with Crippen LogP contribution in [-0.4, -0.2) is 20.2 Å². The molecule has 1 aliphatic rings. The third-order valence-electron chi connectivity index (χ3n) is 3.81. The SMILES string of the molecule is CC1CCC(c2noc(-c3ncccc3O)n2)CC1. The molecule has 1 fully saturated rings. The molecule has 100 valence electrons. The summed E-state index contributed by atoms with van der Waals surface area (Å²) in [5.74, 6) is 2.27. The maximum Gasteiger partial charge on any atom is 0.280 e. The van der Waals surface area contributed by atoms with Crippen LogP contribution in [0.15, 0.2) is 22.9 Å². The van der Waals surface area contributed by atoms with E-state index in [2.05, 4.69) is 22.0 Å². The van der Waals surface area contributed by atoms with Crippen LogP contribution in [0.2, 0.25) is 0 Å². The number of hydrogen-bond donors (Lipinski definition) is 1. The third-order valence-corrected chi connectivity index (χ3v) is 3.81. The lowest BCUT2D eigenvalue weighted by Crippen LogP contribution is -2.11. The Kier molecular flexibility index (Phi) is 3.19. The topological polar surface area (TPSA) is 72.0 Å². The molecule has 0 aliphatic heterocycles. The van der Waals surface area contributed by atoms with Crippen molar-refractivity contribution in [1.29, 1.82) is 0 Å². The lowest BCUT2D eigenvalue weighted by atomic mass is 9.83. The van der Waals surface area contributed by atoms with Crippen molar-refractivity contribution in [2.24, 2.45) is 5.92 Å². The lowest BCUT2D eigenvalue weighted by molar-refractivity contribution is 0.328. The molecule has 0 unspecified atom stereocenters. The Hall–Kier alpha value is -1.91. The van der Waals surface area contributed by atoms with Crippen LogP contribution in [0.5, 0.6) is 5.75 Å². The molecule has 1 aliphatic carbocycles. The Morgan fingerprint density at radius 2 is 2.05 bits per heavy atom. The minimum absolute atomic E-state index is 0.0648. The van der Waals surface area contributed by atoms with Crippen molar-refractivity contribution in [3.63, 3.8) is 0 Å². The highest BCUT2D eigenvalue weighted by molar-refractivity contribution is 5.55. The normalized spacial score (nSPS) is 23.4. The lowest BCUT2D eigenvalue weighted by Gasteiger charge is -2.23. The average Bonchev–Trinajstić information content (AvgIpc) is 2.89. The van der Waals surface area contributed by atoms with E-state index in [1.807, 2.05) is 0 Å². The summed E-state index contributed by atoms with van der Waals surface area (Å²) in [6, 6.07) is 3.23. The molecule has 1 N–H and O–H groups in total. The summed E-state index contributed by atoms with van der Waals surface area (Å²) in [5, 5.41) is 13.8. The van der Waals surface area contributed by atoms with Crippen molar-refractivity contribution in [3.8, 4) is 17.3 Å². The number of aromatic nitrogens is 3. The second kappa shape index (κ2) is 4.99. The molecule has 1 saturated carbocycles. The van der Waals surface area contributed by atoms with Gasteiger partial charge in [0.05, 0.1) is 0 Å². The van der Waals surface area contributed by atoms with Gasteiger partial charge in [0.25, 0.3) is 5.89 Å². The zero-order valence-electron chi connectivity index (χ0n) is 10.9. The maximum absolute atomic E-state index is 9.73. The van der Waals surface area contributed by atoms with E-state index in [0.717, 1.165) is 24.6 Å². The van der Waals surface area contributed by atoms with Crippen molar-refractivity contribution < 1.29 is 9.63 Å². The molecule has 0 saturated heterocycles. The minimum atomic E-state index is 0.0648. The summed E-state index contributed by atoms with van der Waals surface area (Å²) in [6.45, 7) is 2.28. The zero-order chi connectivity index (χ0) is 13.2. The second-order valence-corrected chi connectivity index (χ2v) is 5.29. The highest BCUT2D eigenvalue weighted by Gasteiger charge is 2.25. The van der Waals surface area contributed by atoms with E-state index < -0.39 is 0 Å². The van der Waals surface area contributed by atoms with Gasteiger partial charge in [-0.05, 0) is 30.9 Å². The van der Waals surface area contributed by atoms with Gasteiger partial charge in [0.1, 0.15) is 5.75 Å². The predicted molar refractivity (Wildman–Crippen MR) is 69.6 cm³/mol. The first kappa shape index (κ1) is 12.1. The van der Waals surface area contributed by atoms with Gasteiger partial charge in [-0.2, -0.15) is 4.98 Å². The fourth-order valence-electron chi connectivity index (χ4n) is 2.58. The molecule has 0 amide bonds. The quantitative estimate of drug-likeness (QED) is 0.897. The molecule has 0 radical (unpaired) electrons. The van der Waals surface area contributed by atoms with Crippen molar-refractivity contribution in [2.45, 2.75) is 38.5 Å². The van der Waals surface area contributed by atoms with Crippen LogP contribution in [-0.2, 0) is 0 Å². The molecule has 2 aromatic rings. The van der Waals surface area contributed by atoms with Gasteiger partial charge in [-0.1, -0.05) is 24.9 Å². The molecule has 19 heavy (non-hydrogen) atoms. The largest absolute Gasteiger partial charge is 0.505 e. The number of nitrogens with zero attached hydrogens (tertiary/aromatic N) is 3. The summed E-state index contributed by atoms with van der Waals surface area (Å²) in [6.07, 6.45) is 6.23. The van der Waals surface area contributed by atoms with E-state index in [9.17, 15) is 5.11 Å². The standard InChI is InChI=1S/C14H17N3O2/c1-9-4-6-10(7-5-9)13-16-14(19-17-13)12-11(18)3-2-8-15-12/h2-3,8-10,18H,4-7H2,1H3. The first-order valence-corrected chi connectivity index (χ1v) is 6.72. The summed E-state index contributed by atoms with van der Waals surface area (Å²) in [7, 11) is 0. The van der Waals surface area contributed by atoms with Crippen LogP contribution in [0.1, 0.15) is 44.3 Å². The highest BCUT2D eigenvalue weighted by atomic mass is 16.5. The van der Waals surface area contributed by atoms with Crippen molar-refractivity contribution in [2.75, 3.05) is 0 Å². The van der Waals surface area contributed by atoms with Gasteiger partial charge in [-0.25, -0.2) is 4.98 Å². The molecule has 5 nitrogen and oxygen atoms in total. The number of rotatable bonds is 2. The molecule has 5 heteroatoms. The molecule has 0 spiro atoms. The maximum atomic E-state index is 9.73. The predicted octanol–water partition coefficient (Wildman–Crippen LogP) is 3.13. The molecule has 0 aromatic carbocycles. The molecule has 0 bridgehead atoms. The van der Waals surface area contributed by atoms with E-state index in [-0.39, 0.29) is 5.75 Å². The summed E-state index contributed by atoms with van der Waals surface area (Å²) < 4.78 is 5.23. The summed E-state index contributed by atoms with van der Waals surface area (Å²) in [4.78, 5) is 8.46. The van der Waals surface area contributed by atoms with Gasteiger partial charge < -0.3 is 9.63 Å². The minimum Gasteiger partial charge on any atom is -0.505 e. The van der Waals surface area contributed by atoms with Gasteiger partial charge in [0.15, 0.2) is 11.5 Å². The van der Waals surface area contributed by atoms with E-state index in [1.54, 1.807) is 18.3 Å². The fraction of sp³-hybridized carbons (Fsp3) is 0.500. The van der Waals surface area contributed by atoms with Crippen LogP contribution < -0.4 is 0 Å². The summed E-state index contributed by atoms with van der Waals surface area (Å²) >= 11 is 0. The Bertz CT molecular complexity index is 559. The third kappa shape index (κ3) is 2.45. The zero-order valence-corrected chi connectivity index (χ0v) is 10.9. The Labute approximate surface area is 111 Å². The number of hydrogen-bond acceptors (Lipinski definition) is 5. The average molecular weight is 259 g/mol. The van der Waals surface area contributed by atoms with Crippen molar-refractivity contribution in [1.82, 2.24) is 15.1 Å². The van der Waals surface area contributed by atoms with E-state index in [4.69, 9.17) is 4.52 Å². The van der Waals surface area contributed by atoms with Crippen molar-refractivity contribution in [3.05, 3.63) is 24.2 Å². The Balaban J connectivity index is 1.82. The Morgan fingerprint density at radius 1 is 1.26 bits per heavy atom. The summed E-state index contributed by atoms with van der Waals surface area (Å²) in [5.41, 5.74) is 0.352. The van der Waals surface area contributed by atoms with Gasteiger partial charge >= 0.3 is 0 Å². The molecular weight excluding hydrogens is 242 g/mol. The fourth-order valence-corrected chi connectivity index (χ4v) is 2.58. The second-order valence-electron chi connectivity index (χ2n) is 5.29. The van der Waals surface area contributed by atoms with Gasteiger partial charge in [-0.15, -0.1) is 0 Å². The molecular formula is C14H17N3O2. The van der Waals surface area contributed by atoms with Crippen LogP contribution in [0.3, 0.4) is 0 Å². The monoisotopic (exact) mass is 259 g/mol. The number of pyridine rings is 1. The van der Waals surface area contributed by atoms with Crippen LogP contribution in [0.25, 0.3) is 11.6 Å². The van der Waals surface area contributed by atoms with Crippen LogP contribution >= 0.6 is 0 Å².